The Bertz CT molecular complexity index is 1870. The molecular formula is C36H44F2N8O2. The Balaban J connectivity index is 1.22. The first-order chi connectivity index (χ1) is 23.2. The van der Waals surface area contributed by atoms with Crippen molar-refractivity contribution in [3.63, 3.8) is 0 Å². The highest BCUT2D eigenvalue weighted by Gasteiger charge is 2.56. The average Bonchev–Trinajstić information content (AvgIpc) is 3.63. The molecule has 2 aromatic carbocycles. The third kappa shape index (κ3) is 5.95. The first-order valence-electron chi connectivity index (χ1n) is 16.9. The van der Waals surface area contributed by atoms with Gasteiger partial charge in [-0.3, -0.25) is 9.36 Å². The number of methoxy groups -OCH3 is 1. The molecular weight excluding hydrogens is 614 g/mol. The largest absolute Gasteiger partial charge is 0.497 e. The molecule has 1 unspecified atom stereocenters. The van der Waals surface area contributed by atoms with Gasteiger partial charge in [0.15, 0.2) is 17.6 Å². The van der Waals surface area contributed by atoms with E-state index >= 15 is 0 Å². The number of nitrogens with one attached hydrogen (secondary N) is 3. The lowest BCUT2D eigenvalue weighted by molar-refractivity contribution is -0.108. The molecule has 0 radical (unpaired) electrons. The maximum atomic E-state index is 14.8. The van der Waals surface area contributed by atoms with E-state index in [0.717, 1.165) is 18.1 Å². The number of aromatic nitrogens is 4. The van der Waals surface area contributed by atoms with Crippen LogP contribution in [0.5, 0.6) is 5.75 Å². The summed E-state index contributed by atoms with van der Waals surface area (Å²) in [6.07, 6.45) is 5.87. The van der Waals surface area contributed by atoms with Gasteiger partial charge in [0, 0.05) is 50.3 Å². The van der Waals surface area contributed by atoms with Crippen LogP contribution >= 0.6 is 0 Å². The summed E-state index contributed by atoms with van der Waals surface area (Å²) < 4.78 is 35.2. The predicted octanol–water partition coefficient (Wildman–Crippen LogP) is 5.26. The molecule has 0 amide bonds. The zero-order valence-corrected chi connectivity index (χ0v) is 28.0. The fourth-order valence-corrected chi connectivity index (χ4v) is 8.06. The Hall–Kier alpha value is -4.32. The van der Waals surface area contributed by atoms with Crippen molar-refractivity contribution in [1.29, 1.82) is 0 Å². The minimum absolute atomic E-state index is 0.176. The van der Waals surface area contributed by atoms with E-state index in [2.05, 4.69) is 46.3 Å². The van der Waals surface area contributed by atoms with Crippen molar-refractivity contribution in [2.24, 2.45) is 28.2 Å². The Morgan fingerprint density at radius 1 is 1.21 bits per heavy atom. The van der Waals surface area contributed by atoms with Gasteiger partial charge >= 0.3 is 0 Å². The number of imidazole rings is 1. The van der Waals surface area contributed by atoms with Gasteiger partial charge in [0.2, 0.25) is 0 Å². The molecule has 12 heteroatoms. The quantitative estimate of drug-likeness (QED) is 0.175. The highest BCUT2D eigenvalue weighted by molar-refractivity contribution is 5.96. The number of hydrogen-bond acceptors (Lipinski definition) is 6. The highest BCUT2D eigenvalue weighted by atomic mass is 19.1. The maximum absolute atomic E-state index is 14.8. The number of benzene rings is 2. The number of rotatable bonds is 8. The first-order valence-corrected chi connectivity index (χ1v) is 16.9. The number of piperazine rings is 1. The van der Waals surface area contributed by atoms with Gasteiger partial charge in [-0.15, -0.1) is 0 Å². The van der Waals surface area contributed by atoms with Crippen molar-refractivity contribution in [3.05, 3.63) is 70.5 Å². The van der Waals surface area contributed by atoms with E-state index in [9.17, 15) is 13.6 Å². The van der Waals surface area contributed by atoms with Crippen molar-refractivity contribution in [2.75, 3.05) is 38.7 Å². The predicted molar refractivity (Wildman–Crippen MR) is 184 cm³/mol. The number of guanidine groups is 1. The Kier molecular flexibility index (Phi) is 8.69. The number of hydrogen-bond donors (Lipinski definition) is 3. The molecule has 8 rings (SSSR count). The van der Waals surface area contributed by atoms with Crippen LogP contribution in [0.1, 0.15) is 39.2 Å². The van der Waals surface area contributed by atoms with Gasteiger partial charge in [0.05, 0.1) is 30.1 Å². The van der Waals surface area contributed by atoms with E-state index in [1.54, 1.807) is 35.2 Å². The number of aryl methyl sites for hydroxylation is 1. The van der Waals surface area contributed by atoms with Crippen molar-refractivity contribution in [3.8, 4) is 17.4 Å². The van der Waals surface area contributed by atoms with Crippen LogP contribution in [-0.2, 0) is 13.0 Å². The minimum atomic E-state index is -0.450. The summed E-state index contributed by atoms with van der Waals surface area (Å²) in [7, 11) is 1.49. The third-order valence-corrected chi connectivity index (χ3v) is 11.1. The molecule has 3 heterocycles. The summed E-state index contributed by atoms with van der Waals surface area (Å²) in [5.41, 5.74) is 1.81. The lowest BCUT2D eigenvalue weighted by Crippen LogP contribution is -2.58. The number of nitrogens with zero attached hydrogens (tertiary/aromatic N) is 5. The number of ether oxygens (including phenoxy) is 1. The monoisotopic (exact) mass is 658 g/mol. The van der Waals surface area contributed by atoms with Crippen molar-refractivity contribution < 1.29 is 13.5 Å². The lowest BCUT2D eigenvalue weighted by Gasteiger charge is -2.61. The van der Waals surface area contributed by atoms with Gasteiger partial charge in [-0.25, -0.2) is 23.7 Å². The van der Waals surface area contributed by atoms with Gasteiger partial charge < -0.3 is 25.3 Å². The maximum Gasteiger partial charge on any atom is 0.261 e. The Morgan fingerprint density at radius 3 is 2.77 bits per heavy atom. The first kappa shape index (κ1) is 32.2. The number of aromatic amines is 1. The zero-order valence-electron chi connectivity index (χ0n) is 28.0. The summed E-state index contributed by atoms with van der Waals surface area (Å²) in [6.45, 7) is 8.72. The summed E-state index contributed by atoms with van der Waals surface area (Å²) in [5, 5.41) is 7.25. The standard InChI is InChI=1S/C36H44F2N8O2/c1-21-28-15-23(36(28,2)3)16-30(21)44-35(45-14-12-39-25(19-37)20-45)42-24-6-8-27-31(17-24)43-33(32-40-10-11-41-32)46(34(27)47)13-9-22-5-7-26(48-4)18-29(22)38/h5-8,10-11,17-18,21,23,25,28,30,39H,9,12-16,19-20H2,1-4H3,(H,40,41)(H,42,44)/t21-,23-,25-,28+,30?/m0/s1. The minimum Gasteiger partial charge on any atom is -0.497 e. The van der Waals surface area contributed by atoms with Gasteiger partial charge in [0.1, 0.15) is 18.2 Å². The smallest absolute Gasteiger partial charge is 0.261 e. The molecule has 3 saturated carbocycles. The number of H-pyrrole nitrogens is 1. The summed E-state index contributed by atoms with van der Waals surface area (Å²) in [4.78, 5) is 33.8. The molecule has 5 atom stereocenters. The molecule has 2 bridgehead atoms. The normalized spacial score (nSPS) is 25.2. The second kappa shape index (κ2) is 12.9. The van der Waals surface area contributed by atoms with E-state index in [-0.39, 0.29) is 30.6 Å². The molecule has 3 aliphatic carbocycles. The van der Waals surface area contributed by atoms with Crippen LogP contribution in [0, 0.1) is 29.0 Å². The van der Waals surface area contributed by atoms with Crippen LogP contribution in [0.25, 0.3) is 22.6 Å². The molecule has 48 heavy (non-hydrogen) atoms. The van der Waals surface area contributed by atoms with Gasteiger partial charge in [0.25, 0.3) is 5.56 Å². The summed E-state index contributed by atoms with van der Waals surface area (Å²) in [5.74, 6) is 3.31. The Labute approximate surface area is 279 Å². The van der Waals surface area contributed by atoms with Crippen LogP contribution in [-0.4, -0.2) is 75.9 Å². The van der Waals surface area contributed by atoms with E-state index in [1.807, 2.05) is 12.1 Å². The molecule has 3 N–H and O–H groups in total. The molecule has 1 aliphatic heterocycles. The van der Waals surface area contributed by atoms with Crippen LogP contribution in [0.4, 0.5) is 14.5 Å². The number of halogens is 2. The summed E-state index contributed by atoms with van der Waals surface area (Å²) >= 11 is 0. The molecule has 4 fully saturated rings. The van der Waals surface area contributed by atoms with E-state index < -0.39 is 12.5 Å². The van der Waals surface area contributed by atoms with Gasteiger partial charge in [-0.2, -0.15) is 0 Å². The molecule has 4 aliphatic rings. The molecule has 0 spiro atoms. The van der Waals surface area contributed by atoms with Crippen molar-refractivity contribution in [1.82, 2.24) is 29.7 Å². The molecule has 1 saturated heterocycles. The lowest BCUT2D eigenvalue weighted by atomic mass is 9.45. The number of aliphatic imine (C=N–C) groups is 1. The van der Waals surface area contributed by atoms with Crippen molar-refractivity contribution >= 4 is 22.5 Å². The van der Waals surface area contributed by atoms with Crippen LogP contribution in [0.15, 0.2) is 58.6 Å². The summed E-state index contributed by atoms with van der Waals surface area (Å²) in [6, 6.07) is 10.1. The second-order valence-electron chi connectivity index (χ2n) is 14.1. The highest BCUT2D eigenvalue weighted by Crippen LogP contribution is 2.61. The fraction of sp³-hybridized carbons (Fsp3) is 0.500. The van der Waals surface area contributed by atoms with E-state index in [1.165, 1.54) is 19.6 Å². The van der Waals surface area contributed by atoms with Crippen molar-refractivity contribution in [2.45, 2.75) is 58.7 Å². The third-order valence-electron chi connectivity index (χ3n) is 11.1. The zero-order chi connectivity index (χ0) is 33.6. The topological polar surface area (TPSA) is 112 Å². The SMILES string of the molecule is COc1ccc(CCn2c(-c3ncc[nH]3)nc3cc(NC(=NC4C[C@@H]5C[C@H]([C@@H]4C)C5(C)C)N4CCN[C@@H](CF)C4)ccc3c2=O)c(F)c1. The second-order valence-corrected chi connectivity index (χ2v) is 14.1. The van der Waals surface area contributed by atoms with E-state index in [4.69, 9.17) is 14.7 Å². The number of anilines is 1. The van der Waals surface area contributed by atoms with Gasteiger partial charge in [-0.05, 0) is 72.3 Å². The fourth-order valence-electron chi connectivity index (χ4n) is 8.06. The molecule has 254 valence electrons. The van der Waals surface area contributed by atoms with Crippen LogP contribution < -0.4 is 20.9 Å². The van der Waals surface area contributed by atoms with E-state index in [0.29, 0.717) is 76.7 Å². The number of fused-ring (bicyclic) bond motifs is 3. The molecule has 2 aromatic heterocycles. The number of alkyl halides is 1. The van der Waals surface area contributed by atoms with Gasteiger partial charge in [-0.1, -0.05) is 26.8 Å². The van der Waals surface area contributed by atoms with Crippen LogP contribution in [0.2, 0.25) is 0 Å². The average molecular weight is 659 g/mol. The Morgan fingerprint density at radius 2 is 2.06 bits per heavy atom. The molecule has 10 nitrogen and oxygen atoms in total. The van der Waals surface area contributed by atoms with Crippen LogP contribution in [0.3, 0.4) is 0 Å². The molecule has 4 aromatic rings.